The van der Waals surface area contributed by atoms with E-state index in [1.165, 1.54) is 19.2 Å². The van der Waals surface area contributed by atoms with Gasteiger partial charge in [-0.3, -0.25) is 4.72 Å². The van der Waals surface area contributed by atoms with E-state index < -0.39 is 10.0 Å². The summed E-state index contributed by atoms with van der Waals surface area (Å²) in [5.41, 5.74) is 0.921. The summed E-state index contributed by atoms with van der Waals surface area (Å²) in [7, 11) is -2.18. The molecule has 0 unspecified atom stereocenters. The molecule has 1 aliphatic rings. The summed E-state index contributed by atoms with van der Waals surface area (Å²) < 4.78 is 34.4. The number of methoxy groups -OCH3 is 1. The smallest absolute Gasteiger partial charge is 0.262 e. The summed E-state index contributed by atoms with van der Waals surface area (Å²) in [6.07, 6.45) is 3.94. The van der Waals surface area contributed by atoms with Crippen molar-refractivity contribution in [2.24, 2.45) is 0 Å². The number of pyridine rings is 1. The molecule has 1 saturated carbocycles. The zero-order valence-corrected chi connectivity index (χ0v) is 13.8. The molecule has 1 fully saturated rings. The Bertz CT molecular complexity index is 992. The highest BCUT2D eigenvalue weighted by molar-refractivity contribution is 7.92. The lowest BCUT2D eigenvalue weighted by Crippen LogP contribution is -2.13. The molecule has 0 spiro atoms. The van der Waals surface area contributed by atoms with Crippen LogP contribution in [0.2, 0.25) is 0 Å². The lowest BCUT2D eigenvalue weighted by molar-refractivity contribution is 0.414. The molecule has 0 amide bonds. The number of ether oxygens (including phenoxy) is 1. The van der Waals surface area contributed by atoms with Crippen molar-refractivity contribution in [3.8, 4) is 5.75 Å². The quantitative estimate of drug-likeness (QED) is 0.768. The predicted molar refractivity (Wildman–Crippen MR) is 88.8 cm³/mol. The van der Waals surface area contributed by atoms with Crippen molar-refractivity contribution in [2.75, 3.05) is 11.8 Å². The highest BCUT2D eigenvalue weighted by Gasteiger charge is 2.28. The average molecular weight is 344 g/mol. The van der Waals surface area contributed by atoms with Crippen LogP contribution in [0.25, 0.3) is 5.65 Å². The van der Waals surface area contributed by atoms with E-state index >= 15 is 0 Å². The Kier molecular flexibility index (Phi) is 3.42. The molecule has 7 nitrogen and oxygen atoms in total. The predicted octanol–water partition coefficient (Wildman–Crippen LogP) is 2.42. The zero-order chi connectivity index (χ0) is 16.7. The van der Waals surface area contributed by atoms with Gasteiger partial charge in [-0.1, -0.05) is 0 Å². The minimum atomic E-state index is -3.71. The van der Waals surface area contributed by atoms with Crippen molar-refractivity contribution in [3.05, 3.63) is 48.4 Å². The van der Waals surface area contributed by atoms with E-state index in [0.717, 1.165) is 18.7 Å². The summed E-state index contributed by atoms with van der Waals surface area (Å²) in [5.74, 6) is 1.77. The first-order chi connectivity index (χ1) is 11.6. The SMILES string of the molecule is COc1ccc(S(=O)(=O)Nc2cccn3nc(C4CC4)nc23)cc1. The molecule has 24 heavy (non-hydrogen) atoms. The van der Waals surface area contributed by atoms with Gasteiger partial charge in [0.25, 0.3) is 10.0 Å². The van der Waals surface area contributed by atoms with Crippen molar-refractivity contribution >= 4 is 21.4 Å². The van der Waals surface area contributed by atoms with Gasteiger partial charge in [-0.15, -0.1) is 0 Å². The standard InChI is InChI=1S/C16H16N4O3S/c1-23-12-6-8-13(9-7-12)24(21,22)19-14-3-2-10-20-16(14)17-15(18-20)11-4-5-11/h2-3,6-11,19H,4-5H2,1H3. The molecule has 1 N–H and O–H groups in total. The molecule has 1 aromatic carbocycles. The van der Waals surface area contributed by atoms with Gasteiger partial charge >= 0.3 is 0 Å². The molecule has 1 aliphatic carbocycles. The van der Waals surface area contributed by atoms with Gasteiger partial charge < -0.3 is 4.74 Å². The number of nitrogens with zero attached hydrogens (tertiary/aromatic N) is 3. The largest absolute Gasteiger partial charge is 0.497 e. The van der Waals surface area contributed by atoms with Crippen LogP contribution in [0.15, 0.2) is 47.5 Å². The number of hydrogen-bond acceptors (Lipinski definition) is 5. The number of nitrogens with one attached hydrogen (secondary N) is 1. The minimum Gasteiger partial charge on any atom is -0.497 e. The van der Waals surface area contributed by atoms with Gasteiger partial charge in [0.15, 0.2) is 11.5 Å². The fourth-order valence-corrected chi connectivity index (χ4v) is 3.54. The van der Waals surface area contributed by atoms with E-state index in [0.29, 0.717) is 23.0 Å². The van der Waals surface area contributed by atoms with E-state index in [4.69, 9.17) is 4.74 Å². The van der Waals surface area contributed by atoms with Crippen LogP contribution < -0.4 is 9.46 Å². The molecule has 0 atom stereocenters. The van der Waals surface area contributed by atoms with Gasteiger partial charge in [0.1, 0.15) is 5.75 Å². The van der Waals surface area contributed by atoms with Crippen molar-refractivity contribution in [1.29, 1.82) is 0 Å². The van der Waals surface area contributed by atoms with Crippen molar-refractivity contribution in [2.45, 2.75) is 23.7 Å². The molecule has 3 aromatic rings. The summed E-state index contributed by atoms with van der Waals surface area (Å²) in [6, 6.07) is 9.64. The third kappa shape index (κ3) is 2.69. The van der Waals surface area contributed by atoms with Crippen LogP contribution in [-0.2, 0) is 10.0 Å². The van der Waals surface area contributed by atoms with Gasteiger partial charge in [-0.05, 0) is 49.2 Å². The van der Waals surface area contributed by atoms with E-state index in [1.54, 1.807) is 35.0 Å². The number of aromatic nitrogens is 3. The highest BCUT2D eigenvalue weighted by Crippen LogP contribution is 2.38. The Morgan fingerprint density at radius 1 is 1.21 bits per heavy atom. The zero-order valence-electron chi connectivity index (χ0n) is 13.0. The molecule has 0 aliphatic heterocycles. The van der Waals surface area contributed by atoms with Crippen molar-refractivity contribution in [1.82, 2.24) is 14.6 Å². The monoisotopic (exact) mass is 344 g/mol. The summed E-state index contributed by atoms with van der Waals surface area (Å²) in [4.78, 5) is 4.64. The number of fused-ring (bicyclic) bond motifs is 1. The Morgan fingerprint density at radius 3 is 2.62 bits per heavy atom. The van der Waals surface area contributed by atoms with E-state index in [1.807, 2.05) is 0 Å². The fourth-order valence-electron chi connectivity index (χ4n) is 2.48. The van der Waals surface area contributed by atoms with Crippen LogP contribution in [0.3, 0.4) is 0 Å². The van der Waals surface area contributed by atoms with Gasteiger partial charge in [-0.25, -0.2) is 17.9 Å². The van der Waals surface area contributed by atoms with Crippen LogP contribution in [-0.4, -0.2) is 30.1 Å². The van der Waals surface area contributed by atoms with Crippen LogP contribution in [0, 0.1) is 0 Å². The van der Waals surface area contributed by atoms with Gasteiger partial charge in [0, 0.05) is 12.1 Å². The average Bonchev–Trinajstić information content (AvgIpc) is 3.34. The van der Waals surface area contributed by atoms with Crippen molar-refractivity contribution < 1.29 is 13.2 Å². The first-order valence-electron chi connectivity index (χ1n) is 7.59. The second-order valence-corrected chi connectivity index (χ2v) is 7.40. The Morgan fingerprint density at radius 2 is 1.96 bits per heavy atom. The number of sulfonamides is 1. The second-order valence-electron chi connectivity index (χ2n) is 5.72. The Balaban J connectivity index is 1.69. The summed E-state index contributed by atoms with van der Waals surface area (Å²) in [5, 5.41) is 4.42. The summed E-state index contributed by atoms with van der Waals surface area (Å²) in [6.45, 7) is 0. The number of rotatable bonds is 5. The van der Waals surface area contributed by atoms with Crippen LogP contribution in [0.1, 0.15) is 24.6 Å². The van der Waals surface area contributed by atoms with E-state index in [-0.39, 0.29) is 4.90 Å². The number of anilines is 1. The molecule has 2 aromatic heterocycles. The molecular weight excluding hydrogens is 328 g/mol. The number of hydrogen-bond donors (Lipinski definition) is 1. The third-order valence-electron chi connectivity index (χ3n) is 3.94. The topological polar surface area (TPSA) is 85.6 Å². The number of benzene rings is 1. The molecule has 124 valence electrons. The lowest BCUT2D eigenvalue weighted by atomic mass is 10.3. The molecule has 4 rings (SSSR count). The fraction of sp³-hybridized carbons (Fsp3) is 0.250. The maximum absolute atomic E-state index is 12.6. The molecule has 0 radical (unpaired) electrons. The third-order valence-corrected chi connectivity index (χ3v) is 5.32. The first kappa shape index (κ1) is 14.9. The van der Waals surface area contributed by atoms with Gasteiger partial charge in [-0.2, -0.15) is 5.10 Å². The van der Waals surface area contributed by atoms with Crippen LogP contribution in [0.4, 0.5) is 5.69 Å². The molecule has 0 bridgehead atoms. The van der Waals surface area contributed by atoms with Gasteiger partial charge in [0.2, 0.25) is 0 Å². The Hall–Kier alpha value is -2.61. The Labute approximate surface area is 139 Å². The molecular formula is C16H16N4O3S. The van der Waals surface area contributed by atoms with Crippen LogP contribution >= 0.6 is 0 Å². The van der Waals surface area contributed by atoms with Gasteiger partial charge in [0.05, 0.1) is 17.7 Å². The van der Waals surface area contributed by atoms with E-state index in [2.05, 4.69) is 14.8 Å². The first-order valence-corrected chi connectivity index (χ1v) is 9.07. The molecule has 8 heteroatoms. The summed E-state index contributed by atoms with van der Waals surface area (Å²) >= 11 is 0. The highest BCUT2D eigenvalue weighted by atomic mass is 32.2. The molecule has 0 saturated heterocycles. The maximum Gasteiger partial charge on any atom is 0.262 e. The van der Waals surface area contributed by atoms with Crippen LogP contribution in [0.5, 0.6) is 5.75 Å². The minimum absolute atomic E-state index is 0.159. The van der Waals surface area contributed by atoms with E-state index in [9.17, 15) is 8.42 Å². The second kappa shape index (κ2) is 5.48. The van der Waals surface area contributed by atoms with Crippen molar-refractivity contribution in [3.63, 3.8) is 0 Å². The normalized spacial score (nSPS) is 14.7. The lowest BCUT2D eigenvalue weighted by Gasteiger charge is -2.09. The maximum atomic E-state index is 12.6. The molecule has 2 heterocycles.